The summed E-state index contributed by atoms with van der Waals surface area (Å²) in [5.74, 6) is -1.01. The molecule has 2 aromatic rings. The standard InChI is InChI=1S/C26H33NO8/c1-15(2)24(17(4)33-20-10-8-19(31-6)9-11-20)35-26(30)16(3)14-21(29)23-25(34-18(5)28)22(32-7)12-13-27-23/h8-13,15-17,24H,14H2,1-7H3/t16-,17+,24-/m1/s1. The minimum absolute atomic E-state index is 0.0364. The van der Waals surface area contributed by atoms with Crippen LogP contribution in [0, 0.1) is 11.8 Å². The molecule has 0 N–H and O–H groups in total. The Morgan fingerprint density at radius 2 is 1.54 bits per heavy atom. The van der Waals surface area contributed by atoms with Crippen LogP contribution in [-0.4, -0.2) is 49.1 Å². The third-order valence-corrected chi connectivity index (χ3v) is 5.25. The Morgan fingerprint density at radius 1 is 0.914 bits per heavy atom. The van der Waals surface area contributed by atoms with Crippen LogP contribution in [0.3, 0.4) is 0 Å². The number of Topliss-reactive ketones (excluding diaryl/α,β-unsaturated/α-hetero) is 1. The van der Waals surface area contributed by atoms with E-state index in [1.807, 2.05) is 20.8 Å². The summed E-state index contributed by atoms with van der Waals surface area (Å²) in [6.07, 6.45) is 0.195. The van der Waals surface area contributed by atoms with Crippen molar-refractivity contribution >= 4 is 17.7 Å². The summed E-state index contributed by atoms with van der Waals surface area (Å²) in [6.45, 7) is 8.48. The minimum Gasteiger partial charge on any atom is -0.497 e. The van der Waals surface area contributed by atoms with Crippen LogP contribution in [0.25, 0.3) is 0 Å². The molecule has 9 nitrogen and oxygen atoms in total. The van der Waals surface area contributed by atoms with Gasteiger partial charge in [0.15, 0.2) is 17.2 Å². The van der Waals surface area contributed by atoms with E-state index in [1.165, 1.54) is 26.3 Å². The minimum atomic E-state index is -0.768. The van der Waals surface area contributed by atoms with Crippen LogP contribution in [0.5, 0.6) is 23.0 Å². The number of hydrogen-bond acceptors (Lipinski definition) is 9. The quantitative estimate of drug-likeness (QED) is 0.320. The van der Waals surface area contributed by atoms with Gasteiger partial charge in [-0.05, 0) is 37.1 Å². The maximum Gasteiger partial charge on any atom is 0.309 e. The molecular weight excluding hydrogens is 454 g/mol. The van der Waals surface area contributed by atoms with Crippen LogP contribution in [0.4, 0.5) is 0 Å². The Hall–Kier alpha value is -3.62. The second-order valence-corrected chi connectivity index (χ2v) is 8.46. The molecule has 1 aromatic heterocycles. The van der Waals surface area contributed by atoms with Crippen molar-refractivity contribution in [3.8, 4) is 23.0 Å². The summed E-state index contributed by atoms with van der Waals surface area (Å²) >= 11 is 0. The zero-order valence-electron chi connectivity index (χ0n) is 21.2. The molecule has 2 rings (SSSR count). The van der Waals surface area contributed by atoms with Crippen molar-refractivity contribution in [2.24, 2.45) is 11.8 Å². The second-order valence-electron chi connectivity index (χ2n) is 8.46. The van der Waals surface area contributed by atoms with Gasteiger partial charge in [0.2, 0.25) is 5.75 Å². The lowest BCUT2D eigenvalue weighted by Gasteiger charge is -2.29. The molecule has 0 unspecified atom stereocenters. The number of benzene rings is 1. The summed E-state index contributed by atoms with van der Waals surface area (Å²) in [6, 6.07) is 8.59. The fourth-order valence-electron chi connectivity index (χ4n) is 3.45. The van der Waals surface area contributed by atoms with Crippen LogP contribution in [0.1, 0.15) is 51.5 Å². The fraction of sp³-hybridized carbons (Fsp3) is 0.462. The number of pyridine rings is 1. The summed E-state index contributed by atoms with van der Waals surface area (Å²) < 4.78 is 27.2. The van der Waals surface area contributed by atoms with Gasteiger partial charge < -0.3 is 23.7 Å². The highest BCUT2D eigenvalue weighted by Crippen LogP contribution is 2.31. The highest BCUT2D eigenvalue weighted by Gasteiger charge is 2.31. The van der Waals surface area contributed by atoms with Gasteiger partial charge in [-0.15, -0.1) is 0 Å². The first-order valence-electron chi connectivity index (χ1n) is 11.3. The molecule has 1 aromatic carbocycles. The molecule has 0 aliphatic carbocycles. The number of methoxy groups -OCH3 is 2. The van der Waals surface area contributed by atoms with Gasteiger partial charge in [0, 0.05) is 25.6 Å². The molecule has 0 aliphatic heterocycles. The zero-order chi connectivity index (χ0) is 26.1. The molecule has 0 amide bonds. The molecule has 0 spiro atoms. The number of ether oxygens (including phenoxy) is 5. The predicted molar refractivity (Wildman–Crippen MR) is 128 cm³/mol. The molecule has 3 atom stereocenters. The monoisotopic (exact) mass is 487 g/mol. The molecule has 0 bridgehead atoms. The third-order valence-electron chi connectivity index (χ3n) is 5.25. The molecule has 35 heavy (non-hydrogen) atoms. The van der Waals surface area contributed by atoms with Crippen molar-refractivity contribution in [1.29, 1.82) is 0 Å². The van der Waals surface area contributed by atoms with Crippen molar-refractivity contribution in [3.63, 3.8) is 0 Å². The first-order valence-corrected chi connectivity index (χ1v) is 11.3. The average Bonchev–Trinajstić information content (AvgIpc) is 2.82. The number of aromatic nitrogens is 1. The van der Waals surface area contributed by atoms with Crippen molar-refractivity contribution in [2.45, 2.75) is 53.2 Å². The first kappa shape index (κ1) is 27.6. The number of esters is 2. The molecule has 190 valence electrons. The summed E-state index contributed by atoms with van der Waals surface area (Å²) in [7, 11) is 2.97. The average molecular weight is 488 g/mol. The molecule has 0 saturated heterocycles. The van der Waals surface area contributed by atoms with E-state index in [-0.39, 0.29) is 29.5 Å². The van der Waals surface area contributed by atoms with Gasteiger partial charge in [-0.2, -0.15) is 0 Å². The zero-order valence-corrected chi connectivity index (χ0v) is 21.2. The van der Waals surface area contributed by atoms with E-state index in [1.54, 1.807) is 38.3 Å². The summed E-state index contributed by atoms with van der Waals surface area (Å²) in [5, 5.41) is 0. The van der Waals surface area contributed by atoms with Gasteiger partial charge >= 0.3 is 11.9 Å². The lowest BCUT2D eigenvalue weighted by atomic mass is 10.00. The van der Waals surface area contributed by atoms with Gasteiger partial charge in [-0.25, -0.2) is 4.98 Å². The van der Waals surface area contributed by atoms with Gasteiger partial charge in [0.05, 0.1) is 20.1 Å². The Kier molecular flexibility index (Phi) is 10.1. The van der Waals surface area contributed by atoms with Gasteiger partial charge in [-0.3, -0.25) is 14.4 Å². The third kappa shape index (κ3) is 7.70. The van der Waals surface area contributed by atoms with Gasteiger partial charge in [0.1, 0.15) is 23.7 Å². The van der Waals surface area contributed by atoms with Crippen molar-refractivity contribution < 1.29 is 38.1 Å². The Balaban J connectivity index is 2.09. The number of nitrogens with zero attached hydrogens (tertiary/aromatic N) is 1. The number of hydrogen-bond donors (Lipinski definition) is 0. The summed E-state index contributed by atoms with van der Waals surface area (Å²) in [4.78, 5) is 41.3. The number of rotatable bonds is 12. The van der Waals surface area contributed by atoms with Crippen LogP contribution < -0.4 is 18.9 Å². The highest BCUT2D eigenvalue weighted by atomic mass is 16.6. The van der Waals surface area contributed by atoms with Crippen LogP contribution >= 0.6 is 0 Å². The van der Waals surface area contributed by atoms with Crippen molar-refractivity contribution in [1.82, 2.24) is 4.98 Å². The smallest absolute Gasteiger partial charge is 0.309 e. The normalized spacial score (nSPS) is 13.4. The molecule has 0 radical (unpaired) electrons. The van der Waals surface area contributed by atoms with E-state index in [4.69, 9.17) is 23.7 Å². The van der Waals surface area contributed by atoms with Gasteiger partial charge in [-0.1, -0.05) is 20.8 Å². The number of carbonyl (C=O) groups is 3. The molecular formula is C26H33NO8. The van der Waals surface area contributed by atoms with Crippen molar-refractivity contribution in [3.05, 3.63) is 42.2 Å². The topological polar surface area (TPSA) is 110 Å². The van der Waals surface area contributed by atoms with E-state index < -0.39 is 35.8 Å². The maximum absolute atomic E-state index is 12.9. The number of carbonyl (C=O) groups excluding carboxylic acids is 3. The highest BCUT2D eigenvalue weighted by molar-refractivity contribution is 5.99. The molecule has 1 heterocycles. The first-order chi connectivity index (χ1) is 16.6. The Bertz CT molecular complexity index is 1020. The molecule has 9 heteroatoms. The molecule has 0 fully saturated rings. The van der Waals surface area contributed by atoms with Crippen LogP contribution in [-0.2, 0) is 14.3 Å². The largest absolute Gasteiger partial charge is 0.497 e. The van der Waals surface area contributed by atoms with Crippen LogP contribution in [0.15, 0.2) is 36.5 Å². The fourth-order valence-corrected chi connectivity index (χ4v) is 3.45. The molecule has 0 saturated carbocycles. The maximum atomic E-state index is 12.9. The summed E-state index contributed by atoms with van der Waals surface area (Å²) in [5.41, 5.74) is -0.0872. The second kappa shape index (κ2) is 12.7. The van der Waals surface area contributed by atoms with Crippen molar-refractivity contribution in [2.75, 3.05) is 14.2 Å². The number of ketones is 1. The van der Waals surface area contributed by atoms with Crippen LogP contribution in [0.2, 0.25) is 0 Å². The Morgan fingerprint density at radius 3 is 2.09 bits per heavy atom. The van der Waals surface area contributed by atoms with E-state index in [0.717, 1.165) is 0 Å². The predicted octanol–water partition coefficient (Wildman–Crippen LogP) is 4.27. The SMILES string of the molecule is COc1ccc(O[C@@H](C)[C@H](OC(=O)[C@H](C)CC(=O)c2nccc(OC)c2OC(C)=O)C(C)C)cc1. The van der Waals surface area contributed by atoms with E-state index in [2.05, 4.69) is 4.98 Å². The van der Waals surface area contributed by atoms with E-state index in [9.17, 15) is 14.4 Å². The lowest BCUT2D eigenvalue weighted by molar-refractivity contribution is -0.161. The van der Waals surface area contributed by atoms with Gasteiger partial charge in [0.25, 0.3) is 0 Å². The Labute approximate surface area is 205 Å². The lowest BCUT2D eigenvalue weighted by Crippen LogP contribution is -2.39. The van der Waals surface area contributed by atoms with E-state index in [0.29, 0.717) is 11.5 Å². The molecule has 0 aliphatic rings. The van der Waals surface area contributed by atoms with E-state index >= 15 is 0 Å².